The van der Waals surface area contributed by atoms with Crippen LogP contribution in [-0.4, -0.2) is 43.6 Å². The third-order valence-corrected chi connectivity index (χ3v) is 6.70. The van der Waals surface area contributed by atoms with Crippen molar-refractivity contribution >= 4 is 0 Å². The van der Waals surface area contributed by atoms with Crippen LogP contribution in [0.2, 0.25) is 0 Å². The van der Waals surface area contributed by atoms with Crippen molar-refractivity contribution in [3.8, 4) is 5.75 Å². The van der Waals surface area contributed by atoms with Crippen LogP contribution in [0.5, 0.6) is 5.75 Å². The lowest BCUT2D eigenvalue weighted by molar-refractivity contribution is -0.0328. The molecule has 192 valence electrons. The number of ether oxygens (including phenoxy) is 3. The predicted molar refractivity (Wildman–Crippen MR) is 143 cm³/mol. The number of rotatable bonds is 12. The Morgan fingerprint density at radius 1 is 0.833 bits per heavy atom. The summed E-state index contributed by atoms with van der Waals surface area (Å²) in [6.07, 6.45) is 0.225. The standard InChI is InChI=1S/C31H39NO4/c1-23(2)26-11-9-25(10-12-26)22-36-30-20-32-19-29(33)31(30)27-13-15-28(16-14-27)35-18-6-17-34-21-24-7-4-3-5-8-24/h3-5,7-16,23,29-33H,6,17-22H2,1-2H3. The summed E-state index contributed by atoms with van der Waals surface area (Å²) >= 11 is 0. The number of nitrogens with one attached hydrogen (secondary N) is 1. The maximum absolute atomic E-state index is 10.8. The number of aliphatic hydroxyl groups is 1. The fourth-order valence-corrected chi connectivity index (χ4v) is 4.58. The minimum absolute atomic E-state index is 0.0818. The second kappa shape index (κ2) is 13.6. The van der Waals surface area contributed by atoms with Crippen LogP contribution in [0.4, 0.5) is 0 Å². The molecule has 3 aromatic rings. The van der Waals surface area contributed by atoms with E-state index in [1.165, 1.54) is 11.1 Å². The first-order valence-corrected chi connectivity index (χ1v) is 13.0. The van der Waals surface area contributed by atoms with Crippen molar-refractivity contribution < 1.29 is 19.3 Å². The zero-order chi connectivity index (χ0) is 25.2. The summed E-state index contributed by atoms with van der Waals surface area (Å²) in [6, 6.07) is 26.9. The molecule has 0 aliphatic carbocycles. The van der Waals surface area contributed by atoms with E-state index in [0.717, 1.165) is 23.3 Å². The summed E-state index contributed by atoms with van der Waals surface area (Å²) < 4.78 is 17.9. The van der Waals surface area contributed by atoms with Gasteiger partial charge in [0.15, 0.2) is 0 Å². The summed E-state index contributed by atoms with van der Waals surface area (Å²) in [5, 5.41) is 14.1. The molecule has 1 heterocycles. The van der Waals surface area contributed by atoms with Crippen LogP contribution < -0.4 is 10.1 Å². The van der Waals surface area contributed by atoms with Crippen LogP contribution in [0.15, 0.2) is 78.9 Å². The topological polar surface area (TPSA) is 60.0 Å². The van der Waals surface area contributed by atoms with E-state index in [1.807, 2.05) is 42.5 Å². The molecule has 3 aromatic carbocycles. The summed E-state index contributed by atoms with van der Waals surface area (Å²) in [5.74, 6) is 1.26. The molecule has 0 radical (unpaired) electrons. The highest BCUT2D eigenvalue weighted by Crippen LogP contribution is 2.30. The van der Waals surface area contributed by atoms with E-state index in [1.54, 1.807) is 0 Å². The van der Waals surface area contributed by atoms with Gasteiger partial charge in [0, 0.05) is 25.4 Å². The smallest absolute Gasteiger partial charge is 0.119 e. The van der Waals surface area contributed by atoms with Crippen molar-refractivity contribution in [1.82, 2.24) is 5.32 Å². The van der Waals surface area contributed by atoms with Gasteiger partial charge in [0.1, 0.15) is 5.75 Å². The van der Waals surface area contributed by atoms with E-state index in [-0.39, 0.29) is 12.0 Å². The van der Waals surface area contributed by atoms with E-state index >= 15 is 0 Å². The summed E-state index contributed by atoms with van der Waals surface area (Å²) in [5.41, 5.74) is 4.73. The van der Waals surface area contributed by atoms with Gasteiger partial charge in [-0.15, -0.1) is 0 Å². The third kappa shape index (κ3) is 7.65. The van der Waals surface area contributed by atoms with Gasteiger partial charge in [-0.25, -0.2) is 0 Å². The Morgan fingerprint density at radius 3 is 2.28 bits per heavy atom. The molecule has 1 aliphatic heterocycles. The molecule has 3 unspecified atom stereocenters. The fourth-order valence-electron chi connectivity index (χ4n) is 4.58. The van der Waals surface area contributed by atoms with Gasteiger partial charge in [-0.1, -0.05) is 80.6 Å². The van der Waals surface area contributed by atoms with Gasteiger partial charge in [-0.2, -0.15) is 0 Å². The zero-order valence-electron chi connectivity index (χ0n) is 21.4. The highest BCUT2D eigenvalue weighted by atomic mass is 16.5. The Hall–Kier alpha value is -2.70. The van der Waals surface area contributed by atoms with E-state index in [2.05, 4.69) is 55.6 Å². The van der Waals surface area contributed by atoms with Gasteiger partial charge < -0.3 is 24.6 Å². The molecule has 0 bridgehead atoms. The predicted octanol–water partition coefficient (Wildman–Crippen LogP) is 5.43. The molecule has 4 rings (SSSR count). The first-order valence-electron chi connectivity index (χ1n) is 13.0. The van der Waals surface area contributed by atoms with Crippen LogP contribution in [0.3, 0.4) is 0 Å². The molecule has 0 aromatic heterocycles. The first kappa shape index (κ1) is 26.4. The molecule has 3 atom stereocenters. The monoisotopic (exact) mass is 489 g/mol. The van der Waals surface area contributed by atoms with Gasteiger partial charge in [-0.05, 0) is 40.3 Å². The number of hydrogen-bond donors (Lipinski definition) is 2. The Bertz CT molecular complexity index is 1020. The van der Waals surface area contributed by atoms with Crippen LogP contribution >= 0.6 is 0 Å². The lowest BCUT2D eigenvalue weighted by Gasteiger charge is -2.36. The summed E-state index contributed by atoms with van der Waals surface area (Å²) in [6.45, 7) is 8.09. The number of benzene rings is 3. The van der Waals surface area contributed by atoms with E-state index in [9.17, 15) is 5.11 Å². The van der Waals surface area contributed by atoms with Crippen molar-refractivity contribution in [2.45, 2.75) is 57.5 Å². The van der Waals surface area contributed by atoms with Crippen LogP contribution in [0.1, 0.15) is 54.4 Å². The van der Waals surface area contributed by atoms with Crippen LogP contribution in [0.25, 0.3) is 0 Å². The minimum Gasteiger partial charge on any atom is -0.494 e. The summed E-state index contributed by atoms with van der Waals surface area (Å²) in [4.78, 5) is 0. The average Bonchev–Trinajstić information content (AvgIpc) is 2.91. The van der Waals surface area contributed by atoms with Gasteiger partial charge in [0.25, 0.3) is 0 Å². The van der Waals surface area contributed by atoms with Crippen molar-refractivity contribution in [2.75, 3.05) is 26.3 Å². The number of hydrogen-bond acceptors (Lipinski definition) is 5. The molecule has 2 N–H and O–H groups in total. The fraction of sp³-hybridized carbons (Fsp3) is 0.419. The highest BCUT2D eigenvalue weighted by molar-refractivity contribution is 5.31. The highest BCUT2D eigenvalue weighted by Gasteiger charge is 2.34. The average molecular weight is 490 g/mol. The minimum atomic E-state index is -0.499. The molecule has 5 heteroatoms. The molecule has 1 saturated heterocycles. The Morgan fingerprint density at radius 2 is 1.56 bits per heavy atom. The molecule has 1 aliphatic rings. The number of aliphatic hydroxyl groups excluding tert-OH is 1. The van der Waals surface area contributed by atoms with E-state index < -0.39 is 6.10 Å². The maximum atomic E-state index is 10.8. The Labute approximate surface area is 215 Å². The van der Waals surface area contributed by atoms with E-state index in [4.69, 9.17) is 14.2 Å². The van der Waals surface area contributed by atoms with Gasteiger partial charge in [0.2, 0.25) is 0 Å². The summed E-state index contributed by atoms with van der Waals surface area (Å²) in [7, 11) is 0. The molecular formula is C31H39NO4. The normalized spacial score (nSPS) is 19.9. The molecule has 36 heavy (non-hydrogen) atoms. The zero-order valence-corrected chi connectivity index (χ0v) is 21.4. The SMILES string of the molecule is CC(C)c1ccc(COC2CNCC(O)C2c2ccc(OCCCOCc3ccccc3)cc2)cc1. The van der Waals surface area contributed by atoms with Gasteiger partial charge >= 0.3 is 0 Å². The van der Waals surface area contributed by atoms with Crippen LogP contribution in [0, 0.1) is 0 Å². The van der Waals surface area contributed by atoms with Crippen molar-refractivity contribution in [3.63, 3.8) is 0 Å². The van der Waals surface area contributed by atoms with Gasteiger partial charge in [0.05, 0.1) is 38.6 Å². The van der Waals surface area contributed by atoms with Crippen molar-refractivity contribution in [3.05, 3.63) is 101 Å². The first-order chi connectivity index (χ1) is 17.6. The molecule has 0 saturated carbocycles. The second-order valence-electron chi connectivity index (χ2n) is 9.81. The molecule has 0 spiro atoms. The van der Waals surface area contributed by atoms with Crippen molar-refractivity contribution in [1.29, 1.82) is 0 Å². The third-order valence-electron chi connectivity index (χ3n) is 6.70. The van der Waals surface area contributed by atoms with Gasteiger partial charge in [-0.3, -0.25) is 0 Å². The largest absolute Gasteiger partial charge is 0.494 e. The quantitative estimate of drug-likeness (QED) is 0.332. The maximum Gasteiger partial charge on any atom is 0.119 e. The Kier molecular flexibility index (Phi) is 9.93. The Balaban J connectivity index is 1.25. The van der Waals surface area contributed by atoms with Crippen molar-refractivity contribution in [2.24, 2.45) is 0 Å². The molecule has 1 fully saturated rings. The molecule has 0 amide bonds. The van der Waals surface area contributed by atoms with E-state index in [0.29, 0.717) is 45.4 Å². The lowest BCUT2D eigenvalue weighted by atomic mass is 9.85. The molecular weight excluding hydrogens is 450 g/mol. The number of piperidine rings is 1. The number of β-amino-alcohol motifs (C(OH)–C–C–N with tert-alkyl or cyclic N) is 1. The second-order valence-corrected chi connectivity index (χ2v) is 9.81. The van der Waals surface area contributed by atoms with Crippen LogP contribution in [-0.2, 0) is 22.7 Å². The lowest BCUT2D eigenvalue weighted by Crippen LogP contribution is -2.49. The molecule has 5 nitrogen and oxygen atoms in total.